The molecule has 0 bridgehead atoms. The van der Waals surface area contributed by atoms with E-state index >= 15 is 0 Å². The molecule has 2 nitrogen and oxygen atoms in total. The predicted octanol–water partition coefficient (Wildman–Crippen LogP) is 1.54. The molecule has 10 heavy (non-hydrogen) atoms. The second kappa shape index (κ2) is 2.73. The molecule has 0 amide bonds. The topological polar surface area (TPSA) is 25.8 Å². The minimum atomic E-state index is -0.353. The molecule has 0 aliphatic rings. The van der Waals surface area contributed by atoms with E-state index in [1.807, 2.05) is 13.8 Å². The SMILES string of the molecule is CC(C)c1n[c]ncc1F. The van der Waals surface area contributed by atoms with Gasteiger partial charge in [-0.3, -0.25) is 0 Å². The van der Waals surface area contributed by atoms with Crippen LogP contribution in [-0.4, -0.2) is 9.97 Å². The Kier molecular flexibility index (Phi) is 1.94. The van der Waals surface area contributed by atoms with Crippen LogP contribution in [0.15, 0.2) is 6.20 Å². The van der Waals surface area contributed by atoms with Crippen molar-refractivity contribution in [3.05, 3.63) is 24.0 Å². The van der Waals surface area contributed by atoms with E-state index in [-0.39, 0.29) is 11.7 Å². The third-order valence-corrected chi connectivity index (χ3v) is 1.20. The van der Waals surface area contributed by atoms with Crippen LogP contribution in [0.3, 0.4) is 0 Å². The zero-order valence-electron chi connectivity index (χ0n) is 5.93. The molecule has 3 heteroatoms. The molecule has 0 N–H and O–H groups in total. The third-order valence-electron chi connectivity index (χ3n) is 1.20. The maximum atomic E-state index is 12.7. The Labute approximate surface area is 59.1 Å². The van der Waals surface area contributed by atoms with Gasteiger partial charge in [0, 0.05) is 0 Å². The fraction of sp³-hybridized carbons (Fsp3) is 0.429. The van der Waals surface area contributed by atoms with Crippen molar-refractivity contribution < 1.29 is 4.39 Å². The number of halogens is 1. The number of nitrogens with zero attached hydrogens (tertiary/aromatic N) is 2. The molecular weight excluding hydrogens is 131 g/mol. The van der Waals surface area contributed by atoms with Gasteiger partial charge in [-0.15, -0.1) is 0 Å². The molecule has 1 aromatic heterocycles. The molecule has 0 atom stereocenters. The van der Waals surface area contributed by atoms with Gasteiger partial charge in [-0.1, -0.05) is 13.8 Å². The van der Waals surface area contributed by atoms with Gasteiger partial charge in [0.1, 0.15) is 0 Å². The predicted molar refractivity (Wildman–Crippen MR) is 34.9 cm³/mol. The van der Waals surface area contributed by atoms with Gasteiger partial charge in [0.05, 0.1) is 11.9 Å². The van der Waals surface area contributed by atoms with Crippen molar-refractivity contribution in [1.29, 1.82) is 0 Å². The van der Waals surface area contributed by atoms with Crippen LogP contribution in [0.5, 0.6) is 0 Å². The molecule has 1 aromatic rings. The van der Waals surface area contributed by atoms with Crippen LogP contribution >= 0.6 is 0 Å². The van der Waals surface area contributed by atoms with Gasteiger partial charge in [-0.25, -0.2) is 14.4 Å². The van der Waals surface area contributed by atoms with Crippen LogP contribution in [0.1, 0.15) is 25.5 Å². The van der Waals surface area contributed by atoms with Gasteiger partial charge in [0.2, 0.25) is 0 Å². The van der Waals surface area contributed by atoms with Gasteiger partial charge in [0.15, 0.2) is 12.1 Å². The Hall–Kier alpha value is -0.990. The quantitative estimate of drug-likeness (QED) is 0.589. The maximum Gasteiger partial charge on any atom is 0.198 e. The smallest absolute Gasteiger partial charge is 0.198 e. The Morgan fingerprint density at radius 3 is 2.70 bits per heavy atom. The first-order chi connectivity index (χ1) is 4.72. The average molecular weight is 139 g/mol. The van der Waals surface area contributed by atoms with Crippen molar-refractivity contribution >= 4 is 0 Å². The summed E-state index contributed by atoms with van der Waals surface area (Å²) in [6.07, 6.45) is 3.47. The first-order valence-corrected chi connectivity index (χ1v) is 3.10. The molecule has 0 saturated heterocycles. The molecule has 0 aliphatic carbocycles. The van der Waals surface area contributed by atoms with Crippen molar-refractivity contribution in [2.75, 3.05) is 0 Å². The molecule has 0 saturated carbocycles. The highest BCUT2D eigenvalue weighted by Crippen LogP contribution is 2.12. The highest BCUT2D eigenvalue weighted by atomic mass is 19.1. The van der Waals surface area contributed by atoms with Crippen LogP contribution in [0, 0.1) is 12.1 Å². The first kappa shape index (κ1) is 7.12. The van der Waals surface area contributed by atoms with Crippen molar-refractivity contribution in [3.8, 4) is 0 Å². The zero-order valence-corrected chi connectivity index (χ0v) is 5.93. The van der Waals surface area contributed by atoms with Gasteiger partial charge in [-0.2, -0.15) is 0 Å². The Balaban J connectivity index is 3.03. The molecule has 0 spiro atoms. The first-order valence-electron chi connectivity index (χ1n) is 3.10. The van der Waals surface area contributed by atoms with E-state index in [0.717, 1.165) is 6.20 Å². The number of hydrogen-bond donors (Lipinski definition) is 0. The van der Waals surface area contributed by atoms with Gasteiger partial charge < -0.3 is 0 Å². The molecule has 0 unspecified atom stereocenters. The summed E-state index contributed by atoms with van der Waals surface area (Å²) in [4.78, 5) is 7.08. The largest absolute Gasteiger partial charge is 0.231 e. The van der Waals surface area contributed by atoms with Crippen LogP contribution in [0.2, 0.25) is 0 Å². The van der Waals surface area contributed by atoms with E-state index in [1.165, 1.54) is 0 Å². The van der Waals surface area contributed by atoms with Crippen molar-refractivity contribution in [1.82, 2.24) is 9.97 Å². The number of hydrogen-bond acceptors (Lipinski definition) is 2. The van der Waals surface area contributed by atoms with Crippen molar-refractivity contribution in [3.63, 3.8) is 0 Å². The Morgan fingerprint density at radius 2 is 2.30 bits per heavy atom. The van der Waals surface area contributed by atoms with Crippen molar-refractivity contribution in [2.24, 2.45) is 0 Å². The highest BCUT2D eigenvalue weighted by molar-refractivity contribution is 5.05. The normalized spacial score (nSPS) is 10.4. The summed E-state index contributed by atoms with van der Waals surface area (Å²) in [6.45, 7) is 3.75. The molecular formula is C7H8FN2. The second-order valence-electron chi connectivity index (χ2n) is 2.36. The summed E-state index contributed by atoms with van der Waals surface area (Å²) in [7, 11) is 0. The summed E-state index contributed by atoms with van der Waals surface area (Å²) in [6, 6.07) is 0. The van der Waals surface area contributed by atoms with E-state index in [0.29, 0.717) is 5.69 Å². The summed E-state index contributed by atoms with van der Waals surface area (Å²) >= 11 is 0. The Morgan fingerprint density at radius 1 is 1.60 bits per heavy atom. The Bertz CT molecular complexity index is 223. The number of aromatic nitrogens is 2. The standard InChI is InChI=1S/C7H8FN2/c1-5(2)7-6(8)3-9-4-10-7/h3,5H,1-2H3. The fourth-order valence-corrected chi connectivity index (χ4v) is 0.693. The van der Waals surface area contributed by atoms with E-state index in [1.54, 1.807) is 0 Å². The van der Waals surface area contributed by atoms with Crippen LogP contribution in [-0.2, 0) is 0 Å². The summed E-state index contributed by atoms with van der Waals surface area (Å²) in [5.41, 5.74) is 0.426. The molecule has 1 radical (unpaired) electrons. The molecule has 1 rings (SSSR count). The van der Waals surface area contributed by atoms with Crippen molar-refractivity contribution in [2.45, 2.75) is 19.8 Å². The summed E-state index contributed by atoms with van der Waals surface area (Å²) in [5.74, 6) is -0.256. The third kappa shape index (κ3) is 1.29. The lowest BCUT2D eigenvalue weighted by Crippen LogP contribution is -1.97. The highest BCUT2D eigenvalue weighted by Gasteiger charge is 2.06. The molecule has 1 heterocycles. The average Bonchev–Trinajstić information content (AvgIpc) is 1.88. The van der Waals surface area contributed by atoms with Gasteiger partial charge in [-0.05, 0) is 5.92 Å². The maximum absolute atomic E-state index is 12.7. The van der Waals surface area contributed by atoms with E-state index in [9.17, 15) is 4.39 Å². The summed E-state index contributed by atoms with van der Waals surface area (Å²) < 4.78 is 12.7. The van der Waals surface area contributed by atoms with E-state index < -0.39 is 0 Å². The monoisotopic (exact) mass is 139 g/mol. The lowest BCUT2D eigenvalue weighted by molar-refractivity contribution is 0.575. The molecule has 0 aromatic carbocycles. The lowest BCUT2D eigenvalue weighted by atomic mass is 10.1. The summed E-state index contributed by atoms with van der Waals surface area (Å²) in [5, 5.41) is 0. The molecule has 53 valence electrons. The second-order valence-corrected chi connectivity index (χ2v) is 2.36. The van der Waals surface area contributed by atoms with Crippen LogP contribution in [0.4, 0.5) is 4.39 Å². The van der Waals surface area contributed by atoms with Crippen LogP contribution < -0.4 is 0 Å². The van der Waals surface area contributed by atoms with E-state index in [4.69, 9.17) is 0 Å². The molecule has 0 aliphatic heterocycles. The van der Waals surface area contributed by atoms with Crippen LogP contribution in [0.25, 0.3) is 0 Å². The van der Waals surface area contributed by atoms with Gasteiger partial charge >= 0.3 is 0 Å². The van der Waals surface area contributed by atoms with E-state index in [2.05, 4.69) is 16.3 Å². The lowest BCUT2D eigenvalue weighted by Gasteiger charge is -2.01. The minimum absolute atomic E-state index is 0.0965. The zero-order chi connectivity index (χ0) is 7.56. The minimum Gasteiger partial charge on any atom is -0.231 e. The number of rotatable bonds is 1. The van der Waals surface area contributed by atoms with Gasteiger partial charge in [0.25, 0.3) is 0 Å². The fourth-order valence-electron chi connectivity index (χ4n) is 0.693. The molecule has 0 fully saturated rings.